The molecule has 0 saturated carbocycles. The molecule has 2 rings (SSSR count). The van der Waals surface area contributed by atoms with Gasteiger partial charge in [-0.25, -0.2) is 9.69 Å². The number of anilines is 1. The summed E-state index contributed by atoms with van der Waals surface area (Å²) >= 11 is 0. The lowest BCUT2D eigenvalue weighted by Crippen LogP contribution is -2.31. The van der Waals surface area contributed by atoms with Gasteiger partial charge >= 0.3 is 6.03 Å². The third-order valence-electron chi connectivity index (χ3n) is 2.72. The van der Waals surface area contributed by atoms with Gasteiger partial charge in [-0.05, 0) is 12.5 Å². The quantitative estimate of drug-likeness (QED) is 0.385. The minimum atomic E-state index is -0.663. The van der Waals surface area contributed by atoms with Gasteiger partial charge in [0, 0.05) is 12.1 Å². The summed E-state index contributed by atoms with van der Waals surface area (Å²) < 4.78 is 0. The average molecular weight is 261 g/mol. The average Bonchev–Trinajstić information content (AvgIpc) is 2.65. The van der Waals surface area contributed by atoms with Gasteiger partial charge < -0.3 is 5.32 Å². The summed E-state index contributed by atoms with van der Waals surface area (Å²) in [7, 11) is 0. The molecule has 0 radical (unpaired) electrons. The number of amides is 3. The van der Waals surface area contributed by atoms with E-state index in [9.17, 15) is 19.7 Å². The summed E-state index contributed by atoms with van der Waals surface area (Å²) in [5.74, 6) is -0.439. The van der Waals surface area contributed by atoms with Crippen LogP contribution in [0.5, 0.6) is 0 Å². The van der Waals surface area contributed by atoms with Crippen molar-refractivity contribution in [2.24, 2.45) is 0 Å². The van der Waals surface area contributed by atoms with Crippen LogP contribution in [0.15, 0.2) is 36.9 Å². The molecule has 0 aliphatic carbocycles. The van der Waals surface area contributed by atoms with Crippen molar-refractivity contribution in [3.05, 3.63) is 47.0 Å². The zero-order valence-electron chi connectivity index (χ0n) is 9.91. The van der Waals surface area contributed by atoms with E-state index in [1.54, 1.807) is 0 Å². The van der Waals surface area contributed by atoms with Gasteiger partial charge in [-0.2, -0.15) is 0 Å². The fraction of sp³-hybridized carbons (Fsp3) is 0.167. The van der Waals surface area contributed by atoms with Gasteiger partial charge in [0.25, 0.3) is 11.6 Å². The van der Waals surface area contributed by atoms with Crippen LogP contribution in [0.1, 0.15) is 6.42 Å². The molecule has 1 aromatic rings. The number of nitro groups is 1. The molecule has 1 N–H and O–H groups in total. The number of nitrogens with one attached hydrogen (secondary N) is 1. The van der Waals surface area contributed by atoms with Crippen LogP contribution < -0.4 is 10.2 Å². The molecule has 1 aliphatic rings. The molecule has 7 heteroatoms. The summed E-state index contributed by atoms with van der Waals surface area (Å²) in [6, 6.07) is 4.13. The predicted molar refractivity (Wildman–Crippen MR) is 67.7 cm³/mol. The van der Waals surface area contributed by atoms with E-state index in [-0.39, 0.29) is 11.4 Å². The highest BCUT2D eigenvalue weighted by Crippen LogP contribution is 2.24. The fourth-order valence-electron chi connectivity index (χ4n) is 1.85. The predicted octanol–water partition coefficient (Wildman–Crippen LogP) is 1.60. The van der Waals surface area contributed by atoms with E-state index in [1.807, 2.05) is 0 Å². The van der Waals surface area contributed by atoms with Crippen molar-refractivity contribution in [1.29, 1.82) is 0 Å². The van der Waals surface area contributed by atoms with Gasteiger partial charge in [-0.15, -0.1) is 6.58 Å². The molecule has 1 unspecified atom stereocenters. The summed E-state index contributed by atoms with van der Waals surface area (Å²) in [4.78, 5) is 34.8. The van der Waals surface area contributed by atoms with Crippen molar-refractivity contribution in [2.45, 2.75) is 12.5 Å². The maximum absolute atomic E-state index is 12.0. The van der Waals surface area contributed by atoms with Gasteiger partial charge in [-0.1, -0.05) is 12.1 Å². The van der Waals surface area contributed by atoms with E-state index >= 15 is 0 Å². The number of nitrogens with zero attached hydrogens (tertiary/aromatic N) is 2. The van der Waals surface area contributed by atoms with Crippen LogP contribution in [0, 0.1) is 10.1 Å². The first-order valence-corrected chi connectivity index (χ1v) is 5.54. The van der Waals surface area contributed by atoms with Gasteiger partial charge in [0.05, 0.1) is 10.6 Å². The molecule has 1 fully saturated rings. The van der Waals surface area contributed by atoms with Crippen molar-refractivity contribution in [3.8, 4) is 0 Å². The molecule has 1 saturated heterocycles. The zero-order chi connectivity index (χ0) is 14.0. The second kappa shape index (κ2) is 4.89. The second-order valence-electron chi connectivity index (χ2n) is 3.98. The Kier molecular flexibility index (Phi) is 3.28. The molecule has 1 aliphatic heterocycles. The maximum atomic E-state index is 12.0. The summed E-state index contributed by atoms with van der Waals surface area (Å²) in [6.07, 6.45) is 1.84. The van der Waals surface area contributed by atoms with Crippen LogP contribution in [-0.2, 0) is 4.79 Å². The zero-order valence-corrected chi connectivity index (χ0v) is 9.91. The number of hydrogen-bond acceptors (Lipinski definition) is 4. The van der Waals surface area contributed by atoms with Crippen LogP contribution in [0.4, 0.5) is 16.2 Å². The molecule has 3 amide bonds. The van der Waals surface area contributed by atoms with Crippen LogP contribution in [0.2, 0.25) is 0 Å². The van der Waals surface area contributed by atoms with E-state index in [0.717, 1.165) is 4.90 Å². The fourth-order valence-corrected chi connectivity index (χ4v) is 1.85. The first-order valence-electron chi connectivity index (χ1n) is 5.54. The SMILES string of the molecule is C=CCC1NC(=O)N(c2cccc([N+](=O)[O-])c2)C1=O. The van der Waals surface area contributed by atoms with Crippen LogP contribution in [0.25, 0.3) is 0 Å². The Bertz CT molecular complexity index is 570. The lowest BCUT2D eigenvalue weighted by Gasteiger charge is -2.12. The van der Waals surface area contributed by atoms with Crippen LogP contribution in [0.3, 0.4) is 0 Å². The molecular weight excluding hydrogens is 250 g/mol. The first-order chi connectivity index (χ1) is 9.04. The second-order valence-corrected chi connectivity index (χ2v) is 3.98. The number of hydrogen-bond donors (Lipinski definition) is 1. The summed E-state index contributed by atoms with van der Waals surface area (Å²) in [5.41, 5.74) is 0.00790. The molecule has 0 bridgehead atoms. The van der Waals surface area contributed by atoms with Crippen molar-refractivity contribution < 1.29 is 14.5 Å². The smallest absolute Gasteiger partial charge is 0.325 e. The third kappa shape index (κ3) is 2.30. The van der Waals surface area contributed by atoms with E-state index < -0.39 is 22.9 Å². The number of imide groups is 1. The monoisotopic (exact) mass is 261 g/mol. The van der Waals surface area contributed by atoms with Gasteiger partial charge in [0.1, 0.15) is 6.04 Å². The number of benzene rings is 1. The number of non-ortho nitro benzene ring substituents is 1. The normalized spacial score (nSPS) is 18.3. The minimum absolute atomic E-state index is 0.176. The molecule has 19 heavy (non-hydrogen) atoms. The molecule has 1 heterocycles. The number of urea groups is 1. The Hall–Kier alpha value is -2.70. The van der Waals surface area contributed by atoms with Gasteiger partial charge in [0.2, 0.25) is 0 Å². The molecule has 1 atom stereocenters. The molecule has 0 spiro atoms. The number of rotatable bonds is 4. The highest BCUT2D eigenvalue weighted by Gasteiger charge is 2.38. The third-order valence-corrected chi connectivity index (χ3v) is 2.72. The molecule has 1 aromatic carbocycles. The van der Waals surface area contributed by atoms with Crippen molar-refractivity contribution in [1.82, 2.24) is 5.32 Å². The number of carbonyl (C=O) groups excluding carboxylic acids is 2. The van der Waals surface area contributed by atoms with Crippen molar-refractivity contribution in [3.63, 3.8) is 0 Å². The Labute approximate surface area is 108 Å². The number of carbonyl (C=O) groups is 2. The Morgan fingerprint density at radius 2 is 2.21 bits per heavy atom. The van der Waals surface area contributed by atoms with Crippen LogP contribution in [-0.4, -0.2) is 22.9 Å². The molecular formula is C12H11N3O4. The van der Waals surface area contributed by atoms with E-state index in [1.165, 1.54) is 30.3 Å². The van der Waals surface area contributed by atoms with Crippen molar-refractivity contribution in [2.75, 3.05) is 4.90 Å². The van der Waals surface area contributed by atoms with Crippen molar-refractivity contribution >= 4 is 23.3 Å². The Morgan fingerprint density at radius 1 is 1.47 bits per heavy atom. The van der Waals surface area contributed by atoms with Crippen LogP contribution >= 0.6 is 0 Å². The molecule has 7 nitrogen and oxygen atoms in total. The largest absolute Gasteiger partial charge is 0.329 e. The Balaban J connectivity index is 2.33. The molecule has 0 aromatic heterocycles. The highest BCUT2D eigenvalue weighted by molar-refractivity contribution is 6.21. The maximum Gasteiger partial charge on any atom is 0.329 e. The lowest BCUT2D eigenvalue weighted by atomic mass is 10.2. The summed E-state index contributed by atoms with van der Waals surface area (Å²) in [5, 5.41) is 13.2. The topological polar surface area (TPSA) is 92.6 Å². The van der Waals surface area contributed by atoms with Gasteiger partial charge in [0.15, 0.2) is 0 Å². The molecule has 98 valence electrons. The van der Waals surface area contributed by atoms with E-state index in [0.29, 0.717) is 6.42 Å². The highest BCUT2D eigenvalue weighted by atomic mass is 16.6. The summed E-state index contributed by atoms with van der Waals surface area (Å²) in [6.45, 7) is 3.51. The minimum Gasteiger partial charge on any atom is -0.325 e. The lowest BCUT2D eigenvalue weighted by molar-refractivity contribution is -0.384. The van der Waals surface area contributed by atoms with Gasteiger partial charge in [-0.3, -0.25) is 14.9 Å². The Morgan fingerprint density at radius 3 is 2.84 bits per heavy atom. The van der Waals surface area contributed by atoms with E-state index in [4.69, 9.17) is 0 Å². The number of nitro benzene ring substituents is 1. The van der Waals surface area contributed by atoms with E-state index in [2.05, 4.69) is 11.9 Å². The first kappa shape index (κ1) is 12.7. The standard InChI is InChI=1S/C12H11N3O4/c1-2-4-10-11(16)14(12(17)13-10)8-5-3-6-9(7-8)15(18)19/h2-3,5-7,10H,1,4H2,(H,13,17).